The Morgan fingerprint density at radius 1 is 1.20 bits per heavy atom. The normalized spacial score (nSPS) is 22.4. The number of piperazine rings is 1. The van der Waals surface area contributed by atoms with E-state index in [1.807, 2.05) is 14.1 Å². The van der Waals surface area contributed by atoms with Gasteiger partial charge in [0.15, 0.2) is 0 Å². The second-order valence-electron chi connectivity index (χ2n) is 7.07. The van der Waals surface area contributed by atoms with Gasteiger partial charge in [0.1, 0.15) is 32.2 Å². The van der Waals surface area contributed by atoms with Gasteiger partial charge in [0.25, 0.3) is 0 Å². The minimum absolute atomic E-state index is 0.0402. The zero-order valence-corrected chi connectivity index (χ0v) is 16.4. The van der Waals surface area contributed by atoms with Crippen molar-refractivity contribution < 1.29 is 18.2 Å². The van der Waals surface area contributed by atoms with E-state index in [1.165, 1.54) is 21.4 Å². The lowest BCUT2D eigenvalue weighted by atomic mass is 10.0. The van der Waals surface area contributed by atoms with Crippen LogP contribution in [0.15, 0.2) is 36.9 Å². The molecule has 2 rings (SSSR count). The molecule has 0 unspecified atom stereocenters. The highest BCUT2D eigenvalue weighted by Crippen LogP contribution is 2.16. The molecular formula is C18H32N4O2S+2. The molecule has 140 valence electrons. The molecule has 0 aromatic heterocycles. The number of rotatable bonds is 8. The van der Waals surface area contributed by atoms with Crippen LogP contribution in [-0.2, 0) is 10.0 Å². The molecule has 0 saturated carbocycles. The first-order valence-electron chi connectivity index (χ1n) is 8.84. The molecule has 1 atom stereocenters. The van der Waals surface area contributed by atoms with Crippen LogP contribution >= 0.6 is 0 Å². The van der Waals surface area contributed by atoms with Crippen LogP contribution in [0.1, 0.15) is 11.6 Å². The summed E-state index contributed by atoms with van der Waals surface area (Å²) in [4.78, 5) is 5.06. The maximum Gasteiger partial charge on any atom is 0.215 e. The van der Waals surface area contributed by atoms with Crippen LogP contribution in [0.3, 0.4) is 0 Å². The fraction of sp³-hybridized carbons (Fsp3) is 0.556. The third-order valence-electron chi connectivity index (χ3n) is 4.90. The van der Waals surface area contributed by atoms with Crippen molar-refractivity contribution >= 4 is 15.7 Å². The number of likely N-dealkylation sites (N-methyl/N-ethyl adjacent to an activating group) is 1. The van der Waals surface area contributed by atoms with Gasteiger partial charge in [-0.1, -0.05) is 18.2 Å². The van der Waals surface area contributed by atoms with Crippen LogP contribution in [-0.4, -0.2) is 68.0 Å². The molecule has 1 heterocycles. The first kappa shape index (κ1) is 19.9. The summed E-state index contributed by atoms with van der Waals surface area (Å²) >= 11 is 0. The smallest absolute Gasteiger partial charge is 0.215 e. The first-order valence-corrected chi connectivity index (χ1v) is 10.5. The predicted molar refractivity (Wildman–Crippen MR) is 103 cm³/mol. The van der Waals surface area contributed by atoms with E-state index in [4.69, 9.17) is 0 Å². The topological polar surface area (TPSA) is 58.3 Å². The van der Waals surface area contributed by atoms with Crippen molar-refractivity contribution in [3.8, 4) is 0 Å². The van der Waals surface area contributed by atoms with Gasteiger partial charge in [-0.25, -0.2) is 13.1 Å². The molecule has 3 N–H and O–H groups in total. The summed E-state index contributed by atoms with van der Waals surface area (Å²) in [6, 6.07) is 8.58. The molecule has 0 radical (unpaired) electrons. The number of sulfonamides is 1. The maximum absolute atomic E-state index is 12.0. The van der Waals surface area contributed by atoms with Crippen molar-refractivity contribution in [3.63, 3.8) is 0 Å². The lowest BCUT2D eigenvalue weighted by Crippen LogP contribution is -3.27. The number of quaternary nitrogens is 2. The average Bonchev–Trinajstić information content (AvgIpc) is 2.57. The second kappa shape index (κ2) is 8.80. The van der Waals surface area contributed by atoms with E-state index in [1.54, 1.807) is 0 Å². The van der Waals surface area contributed by atoms with Gasteiger partial charge >= 0.3 is 0 Å². The van der Waals surface area contributed by atoms with Gasteiger partial charge in [0, 0.05) is 25.3 Å². The van der Waals surface area contributed by atoms with Gasteiger partial charge in [0.05, 0.1) is 19.3 Å². The SMILES string of the molecule is C=CCS(=O)(=O)NC[C@H](c1ccc(N(C)C)cc1)[NH+]1CC[NH+](C)CC1. The van der Waals surface area contributed by atoms with Gasteiger partial charge in [-0.3, -0.25) is 0 Å². The summed E-state index contributed by atoms with van der Waals surface area (Å²) < 4.78 is 26.9. The molecule has 0 amide bonds. The lowest BCUT2D eigenvalue weighted by molar-refractivity contribution is -1.02. The summed E-state index contributed by atoms with van der Waals surface area (Å²) in [5.41, 5.74) is 2.33. The quantitative estimate of drug-likeness (QED) is 0.480. The Morgan fingerprint density at radius 3 is 2.32 bits per heavy atom. The Labute approximate surface area is 152 Å². The van der Waals surface area contributed by atoms with E-state index in [0.717, 1.165) is 31.9 Å². The minimum Gasteiger partial charge on any atom is -0.378 e. The molecular weight excluding hydrogens is 336 g/mol. The number of nitrogens with one attached hydrogen (secondary N) is 3. The highest BCUT2D eigenvalue weighted by atomic mass is 32.2. The molecule has 1 saturated heterocycles. The van der Waals surface area contributed by atoms with Gasteiger partial charge in [0.2, 0.25) is 10.0 Å². The van der Waals surface area contributed by atoms with Crippen LogP contribution in [0.4, 0.5) is 5.69 Å². The molecule has 0 spiro atoms. The van der Waals surface area contributed by atoms with E-state index in [0.29, 0.717) is 6.54 Å². The predicted octanol–water partition coefficient (Wildman–Crippen LogP) is -1.69. The zero-order chi connectivity index (χ0) is 18.4. The first-order chi connectivity index (χ1) is 11.8. The molecule has 7 heteroatoms. The van der Waals surface area contributed by atoms with Crippen LogP contribution < -0.4 is 19.4 Å². The van der Waals surface area contributed by atoms with Crippen molar-refractivity contribution in [2.24, 2.45) is 0 Å². The van der Waals surface area contributed by atoms with Crippen molar-refractivity contribution in [2.75, 3.05) is 64.5 Å². The maximum atomic E-state index is 12.0. The zero-order valence-electron chi connectivity index (χ0n) is 15.6. The molecule has 0 aliphatic carbocycles. The fourth-order valence-electron chi connectivity index (χ4n) is 3.27. The molecule has 1 aromatic rings. The summed E-state index contributed by atoms with van der Waals surface area (Å²) in [7, 11) is 2.95. The highest BCUT2D eigenvalue weighted by molar-refractivity contribution is 7.89. The van der Waals surface area contributed by atoms with Crippen LogP contribution in [0, 0.1) is 0 Å². The van der Waals surface area contributed by atoms with Gasteiger partial charge in [-0.15, -0.1) is 6.58 Å². The van der Waals surface area contributed by atoms with E-state index >= 15 is 0 Å². The molecule has 0 bridgehead atoms. The van der Waals surface area contributed by atoms with Gasteiger partial charge < -0.3 is 14.7 Å². The number of benzene rings is 1. The average molecular weight is 369 g/mol. The Morgan fingerprint density at radius 2 is 1.80 bits per heavy atom. The molecule has 1 aliphatic rings. The Hall–Kier alpha value is -1.41. The van der Waals surface area contributed by atoms with Crippen LogP contribution in [0.2, 0.25) is 0 Å². The Balaban J connectivity index is 2.17. The van der Waals surface area contributed by atoms with Crippen molar-refractivity contribution in [2.45, 2.75) is 6.04 Å². The van der Waals surface area contributed by atoms with E-state index in [9.17, 15) is 8.42 Å². The lowest BCUT2D eigenvalue weighted by Gasteiger charge is -2.33. The number of hydrogen-bond acceptors (Lipinski definition) is 3. The largest absolute Gasteiger partial charge is 0.378 e. The fourth-order valence-corrected chi connectivity index (χ4v) is 4.12. The van der Waals surface area contributed by atoms with E-state index < -0.39 is 10.0 Å². The van der Waals surface area contributed by atoms with Gasteiger partial charge in [-0.2, -0.15) is 0 Å². The number of hydrogen-bond donors (Lipinski definition) is 3. The molecule has 1 aromatic carbocycles. The van der Waals surface area contributed by atoms with Crippen molar-refractivity contribution in [1.29, 1.82) is 0 Å². The molecule has 1 fully saturated rings. The summed E-state index contributed by atoms with van der Waals surface area (Å²) in [6.45, 7) is 8.27. The van der Waals surface area contributed by atoms with Crippen LogP contribution in [0.5, 0.6) is 0 Å². The van der Waals surface area contributed by atoms with Crippen molar-refractivity contribution in [1.82, 2.24) is 4.72 Å². The summed E-state index contributed by atoms with van der Waals surface area (Å²) in [5.74, 6) is -0.0402. The Bertz CT molecular complexity index is 650. The highest BCUT2D eigenvalue weighted by Gasteiger charge is 2.30. The molecule has 6 nitrogen and oxygen atoms in total. The van der Waals surface area contributed by atoms with E-state index in [2.05, 4.69) is 47.5 Å². The summed E-state index contributed by atoms with van der Waals surface area (Å²) in [6.07, 6.45) is 1.43. The second-order valence-corrected chi connectivity index (χ2v) is 8.92. The van der Waals surface area contributed by atoms with Gasteiger partial charge in [-0.05, 0) is 12.1 Å². The monoisotopic (exact) mass is 368 g/mol. The van der Waals surface area contributed by atoms with Crippen LogP contribution in [0.25, 0.3) is 0 Å². The minimum atomic E-state index is -3.30. The molecule has 1 aliphatic heterocycles. The number of nitrogens with zero attached hydrogens (tertiary/aromatic N) is 1. The molecule has 25 heavy (non-hydrogen) atoms. The summed E-state index contributed by atoms with van der Waals surface area (Å²) in [5, 5.41) is 0. The third-order valence-corrected chi connectivity index (χ3v) is 6.18. The standard InChI is InChI=1S/C18H30N4O2S/c1-5-14-25(23,24)19-15-18(22-12-10-21(4)11-13-22)16-6-8-17(9-7-16)20(2)3/h5-9,18-19H,1,10-15H2,2-4H3/p+2/t18-/m1/s1. The Kier molecular flexibility index (Phi) is 7.01. The van der Waals surface area contributed by atoms with Crippen molar-refractivity contribution in [3.05, 3.63) is 42.5 Å². The third kappa shape index (κ3) is 5.81. The van der Waals surface area contributed by atoms with E-state index in [-0.39, 0.29) is 11.8 Å². The number of anilines is 1.